The van der Waals surface area contributed by atoms with E-state index in [0.717, 1.165) is 37.9 Å². The molecule has 1 atom stereocenters. The van der Waals surface area contributed by atoms with Gasteiger partial charge in [0.1, 0.15) is 0 Å². The lowest BCUT2D eigenvalue weighted by atomic mass is 9.81. The van der Waals surface area contributed by atoms with Gasteiger partial charge in [-0.25, -0.2) is 0 Å². The minimum Gasteiger partial charge on any atom is -0.398 e. The second-order valence-corrected chi connectivity index (χ2v) is 7.12. The molecule has 2 N–H and O–H groups in total. The van der Waals surface area contributed by atoms with Gasteiger partial charge >= 0.3 is 0 Å². The molecule has 2 bridgehead atoms. The first-order valence-corrected chi connectivity index (χ1v) is 8.56. The monoisotopic (exact) mass is 357 g/mol. The number of anilines is 1. The van der Waals surface area contributed by atoms with E-state index >= 15 is 0 Å². The Labute approximate surface area is 152 Å². The predicted octanol–water partition coefficient (Wildman–Crippen LogP) is 2.53. The van der Waals surface area contributed by atoms with Crippen molar-refractivity contribution >= 4 is 40.7 Å². The maximum Gasteiger partial charge on any atom is 0.261 e. The van der Waals surface area contributed by atoms with Gasteiger partial charge in [-0.15, -0.1) is 12.4 Å². The van der Waals surface area contributed by atoms with Crippen LogP contribution in [-0.4, -0.2) is 47.3 Å². The van der Waals surface area contributed by atoms with E-state index in [1.807, 2.05) is 18.2 Å². The summed E-state index contributed by atoms with van der Waals surface area (Å²) in [5, 5.41) is 1.50. The van der Waals surface area contributed by atoms with Gasteiger partial charge in [0.05, 0.1) is 6.04 Å². The molecule has 2 aromatic rings. The number of piperidine rings is 3. The maximum absolute atomic E-state index is 13.1. The first-order chi connectivity index (χ1) is 11.6. The van der Waals surface area contributed by atoms with Gasteiger partial charge in [0, 0.05) is 34.1 Å². The summed E-state index contributed by atoms with van der Waals surface area (Å²) in [5.41, 5.74) is 7.86. The van der Waals surface area contributed by atoms with Crippen LogP contribution in [0.5, 0.6) is 0 Å². The maximum atomic E-state index is 13.1. The van der Waals surface area contributed by atoms with E-state index in [0.29, 0.717) is 28.1 Å². The normalized spacial score (nSPS) is 27.5. The third-order valence-electron chi connectivity index (χ3n) is 5.93. The highest BCUT2D eigenvalue weighted by atomic mass is 35.5. The van der Waals surface area contributed by atoms with Crippen LogP contribution in [0.25, 0.3) is 10.8 Å². The third-order valence-corrected chi connectivity index (χ3v) is 5.93. The number of nitrogens with zero attached hydrogens (tertiary/aromatic N) is 2. The molecule has 4 aliphatic heterocycles. The fourth-order valence-corrected chi connectivity index (χ4v) is 4.67. The molecule has 6 rings (SSSR count). The lowest BCUT2D eigenvalue weighted by molar-refractivity contribution is 0.00882. The van der Waals surface area contributed by atoms with Gasteiger partial charge < -0.3 is 10.6 Å². The number of imide groups is 1. The Kier molecular flexibility index (Phi) is 3.74. The summed E-state index contributed by atoms with van der Waals surface area (Å²) in [7, 11) is 0. The SMILES string of the molecule is Cl.Nc1ccc2c3c(cccc13)C(=O)N(C1CN3CCC1CC3)C2=O. The highest BCUT2D eigenvalue weighted by Crippen LogP contribution is 2.38. The molecule has 0 spiro atoms. The minimum absolute atomic E-state index is 0. The van der Waals surface area contributed by atoms with Crippen LogP contribution in [0.1, 0.15) is 33.6 Å². The lowest BCUT2D eigenvalue weighted by Gasteiger charge is -2.49. The van der Waals surface area contributed by atoms with E-state index in [1.165, 1.54) is 4.90 Å². The van der Waals surface area contributed by atoms with Gasteiger partial charge in [-0.1, -0.05) is 12.1 Å². The molecule has 130 valence electrons. The quantitative estimate of drug-likeness (QED) is 0.629. The zero-order chi connectivity index (χ0) is 16.4. The van der Waals surface area contributed by atoms with Crippen molar-refractivity contribution in [3.05, 3.63) is 41.5 Å². The molecule has 2 amide bonds. The number of benzene rings is 2. The van der Waals surface area contributed by atoms with Gasteiger partial charge in [0.25, 0.3) is 11.8 Å². The first-order valence-electron chi connectivity index (χ1n) is 8.56. The molecule has 2 aromatic carbocycles. The van der Waals surface area contributed by atoms with Gasteiger partial charge in [0.2, 0.25) is 0 Å². The summed E-state index contributed by atoms with van der Waals surface area (Å²) in [4.78, 5) is 30.2. The average Bonchev–Trinajstić information content (AvgIpc) is 2.62. The highest BCUT2D eigenvalue weighted by molar-refractivity contribution is 6.26. The standard InChI is InChI=1S/C19H19N3O2.ClH/c20-15-5-4-14-17-12(15)2-1-3-13(17)18(23)22(19(14)24)16-10-21-8-6-11(16)7-9-21;/h1-5,11,16H,6-10,20H2;1H. The van der Waals surface area contributed by atoms with Crippen molar-refractivity contribution in [1.82, 2.24) is 9.80 Å². The molecular formula is C19H20ClN3O2. The van der Waals surface area contributed by atoms with Crippen LogP contribution in [0.2, 0.25) is 0 Å². The Morgan fingerprint density at radius 3 is 2.28 bits per heavy atom. The molecule has 0 saturated carbocycles. The molecule has 0 aliphatic carbocycles. The number of halogens is 1. The summed E-state index contributed by atoms with van der Waals surface area (Å²) in [6.07, 6.45) is 2.14. The topological polar surface area (TPSA) is 66.6 Å². The van der Waals surface area contributed by atoms with E-state index < -0.39 is 0 Å². The van der Waals surface area contributed by atoms with Crippen molar-refractivity contribution in [1.29, 1.82) is 0 Å². The Balaban J connectivity index is 0.00000157. The summed E-state index contributed by atoms with van der Waals surface area (Å²) in [6.45, 7) is 2.97. The molecule has 5 nitrogen and oxygen atoms in total. The summed E-state index contributed by atoms with van der Waals surface area (Å²) >= 11 is 0. The predicted molar refractivity (Wildman–Crippen MR) is 99.1 cm³/mol. The minimum atomic E-state index is -0.164. The molecule has 25 heavy (non-hydrogen) atoms. The van der Waals surface area contributed by atoms with E-state index in [1.54, 1.807) is 12.1 Å². The van der Waals surface area contributed by atoms with Gasteiger partial charge in [-0.2, -0.15) is 0 Å². The zero-order valence-electron chi connectivity index (χ0n) is 13.8. The van der Waals surface area contributed by atoms with Crippen molar-refractivity contribution < 1.29 is 9.59 Å². The number of nitrogen functional groups attached to an aromatic ring is 1. The van der Waals surface area contributed by atoms with Crippen LogP contribution < -0.4 is 5.73 Å². The van der Waals surface area contributed by atoms with Gasteiger partial charge in [-0.3, -0.25) is 14.5 Å². The van der Waals surface area contributed by atoms with Crippen LogP contribution in [-0.2, 0) is 0 Å². The van der Waals surface area contributed by atoms with Crippen LogP contribution in [0, 0.1) is 5.92 Å². The second kappa shape index (κ2) is 5.71. The number of carbonyl (C=O) groups excluding carboxylic acids is 2. The lowest BCUT2D eigenvalue weighted by Crippen LogP contribution is -2.60. The Bertz CT molecular complexity index is 867. The number of nitrogens with two attached hydrogens (primary N) is 1. The van der Waals surface area contributed by atoms with E-state index in [9.17, 15) is 9.59 Å². The summed E-state index contributed by atoms with van der Waals surface area (Å²) < 4.78 is 0. The number of carbonyl (C=O) groups is 2. The van der Waals surface area contributed by atoms with E-state index in [-0.39, 0.29) is 30.3 Å². The van der Waals surface area contributed by atoms with Crippen molar-refractivity contribution in [2.24, 2.45) is 5.92 Å². The van der Waals surface area contributed by atoms with E-state index in [4.69, 9.17) is 5.73 Å². The Hall–Kier alpha value is -2.11. The van der Waals surface area contributed by atoms with Crippen molar-refractivity contribution in [2.75, 3.05) is 25.4 Å². The van der Waals surface area contributed by atoms with Gasteiger partial charge in [-0.05, 0) is 50.0 Å². The molecule has 4 aliphatic rings. The van der Waals surface area contributed by atoms with Crippen molar-refractivity contribution in [2.45, 2.75) is 18.9 Å². The number of hydrogen-bond acceptors (Lipinski definition) is 4. The number of amides is 2. The molecule has 3 fully saturated rings. The number of hydrogen-bond donors (Lipinski definition) is 1. The third kappa shape index (κ3) is 2.19. The van der Waals surface area contributed by atoms with Crippen LogP contribution in [0.15, 0.2) is 30.3 Å². The first kappa shape index (κ1) is 16.4. The largest absolute Gasteiger partial charge is 0.398 e. The highest BCUT2D eigenvalue weighted by Gasteiger charge is 2.44. The van der Waals surface area contributed by atoms with E-state index in [2.05, 4.69) is 4.90 Å². The molecule has 3 saturated heterocycles. The molecule has 0 radical (unpaired) electrons. The fourth-order valence-electron chi connectivity index (χ4n) is 4.67. The number of fused-ring (bicyclic) bond motifs is 3. The van der Waals surface area contributed by atoms with Crippen LogP contribution >= 0.6 is 12.4 Å². The zero-order valence-corrected chi connectivity index (χ0v) is 14.6. The smallest absolute Gasteiger partial charge is 0.261 e. The van der Waals surface area contributed by atoms with Crippen LogP contribution in [0.3, 0.4) is 0 Å². The van der Waals surface area contributed by atoms with Crippen LogP contribution in [0.4, 0.5) is 5.69 Å². The average molecular weight is 358 g/mol. The Morgan fingerprint density at radius 1 is 0.960 bits per heavy atom. The van der Waals surface area contributed by atoms with Crippen molar-refractivity contribution in [3.8, 4) is 0 Å². The summed E-state index contributed by atoms with van der Waals surface area (Å²) in [6, 6.07) is 9.07. The molecule has 4 heterocycles. The molecule has 1 unspecified atom stereocenters. The Morgan fingerprint density at radius 2 is 1.64 bits per heavy atom. The molecule has 6 heteroatoms. The van der Waals surface area contributed by atoms with Crippen molar-refractivity contribution in [3.63, 3.8) is 0 Å². The second-order valence-electron chi connectivity index (χ2n) is 7.12. The summed E-state index contributed by atoms with van der Waals surface area (Å²) in [5.74, 6) is 0.0994. The molecule has 0 aromatic heterocycles. The number of rotatable bonds is 1. The molecular weight excluding hydrogens is 338 g/mol. The van der Waals surface area contributed by atoms with Gasteiger partial charge in [0.15, 0.2) is 0 Å². The fraction of sp³-hybridized carbons (Fsp3) is 0.368.